The predicted molar refractivity (Wildman–Crippen MR) is 63.2 cm³/mol. The van der Waals surface area contributed by atoms with Crippen LogP contribution in [0.2, 0.25) is 0 Å². The zero-order valence-electron chi connectivity index (χ0n) is 10.2. The smallest absolute Gasteiger partial charge is 0.122 e. The first-order valence-corrected chi connectivity index (χ1v) is 6.06. The minimum Gasteiger partial charge on any atom is -0.379 e. The van der Waals surface area contributed by atoms with E-state index < -0.39 is 0 Å². The number of ether oxygens (including phenoxy) is 1. The number of hydrogen-bond donors (Lipinski definition) is 1. The summed E-state index contributed by atoms with van der Waals surface area (Å²) in [6.07, 6.45) is 6.15. The van der Waals surface area contributed by atoms with Crippen molar-refractivity contribution >= 4 is 0 Å². The van der Waals surface area contributed by atoms with Gasteiger partial charge in [0, 0.05) is 31.1 Å². The molecule has 1 N–H and O–H groups in total. The lowest BCUT2D eigenvalue weighted by Gasteiger charge is -2.23. The molecular formula is C12H21N3O. The second-order valence-electron chi connectivity index (χ2n) is 4.75. The van der Waals surface area contributed by atoms with Gasteiger partial charge in [-0.1, -0.05) is 6.92 Å². The molecule has 1 atom stereocenters. The molecule has 1 aliphatic rings. The first-order valence-electron chi connectivity index (χ1n) is 6.06. The second-order valence-corrected chi connectivity index (χ2v) is 4.75. The van der Waals surface area contributed by atoms with Gasteiger partial charge in [-0.25, -0.2) is 4.98 Å². The molecule has 0 saturated carbocycles. The Morgan fingerprint density at radius 2 is 2.50 bits per heavy atom. The van der Waals surface area contributed by atoms with Crippen molar-refractivity contribution in [3.8, 4) is 0 Å². The Labute approximate surface area is 97.0 Å². The van der Waals surface area contributed by atoms with E-state index in [1.807, 2.05) is 12.4 Å². The van der Waals surface area contributed by atoms with Gasteiger partial charge in [0.05, 0.1) is 13.2 Å². The summed E-state index contributed by atoms with van der Waals surface area (Å²) in [6.45, 7) is 7.95. The van der Waals surface area contributed by atoms with Crippen molar-refractivity contribution in [1.82, 2.24) is 14.9 Å². The number of aromatic nitrogens is 2. The van der Waals surface area contributed by atoms with E-state index in [0.29, 0.717) is 0 Å². The van der Waals surface area contributed by atoms with Gasteiger partial charge in [0.2, 0.25) is 0 Å². The van der Waals surface area contributed by atoms with Crippen LogP contribution in [-0.2, 0) is 17.8 Å². The van der Waals surface area contributed by atoms with E-state index in [9.17, 15) is 0 Å². The van der Waals surface area contributed by atoms with Gasteiger partial charge in [-0.15, -0.1) is 0 Å². The Morgan fingerprint density at radius 3 is 3.19 bits per heavy atom. The van der Waals surface area contributed by atoms with Crippen LogP contribution in [0.5, 0.6) is 0 Å². The summed E-state index contributed by atoms with van der Waals surface area (Å²) in [7, 11) is 0. The third-order valence-corrected chi connectivity index (χ3v) is 3.16. The maximum Gasteiger partial charge on any atom is 0.122 e. The highest BCUT2D eigenvalue weighted by Gasteiger charge is 2.29. The maximum atomic E-state index is 5.42. The molecule has 1 saturated heterocycles. The summed E-state index contributed by atoms with van der Waals surface area (Å²) in [5.41, 5.74) is 0.128. The summed E-state index contributed by atoms with van der Waals surface area (Å²) < 4.78 is 7.63. The minimum atomic E-state index is 0.128. The number of nitrogens with one attached hydrogen (secondary N) is 1. The minimum absolute atomic E-state index is 0.128. The molecule has 0 amide bonds. The molecule has 0 bridgehead atoms. The number of nitrogens with zero attached hydrogens (tertiary/aromatic N) is 2. The van der Waals surface area contributed by atoms with Crippen LogP contribution in [0, 0.1) is 0 Å². The van der Waals surface area contributed by atoms with Crippen LogP contribution in [0.3, 0.4) is 0 Å². The van der Waals surface area contributed by atoms with Gasteiger partial charge in [0.15, 0.2) is 0 Å². The quantitative estimate of drug-likeness (QED) is 0.823. The summed E-state index contributed by atoms with van der Waals surface area (Å²) in [6, 6.07) is 0. The molecular weight excluding hydrogens is 202 g/mol. The van der Waals surface area contributed by atoms with Crippen molar-refractivity contribution < 1.29 is 4.74 Å². The van der Waals surface area contributed by atoms with E-state index in [0.717, 1.165) is 45.0 Å². The highest BCUT2D eigenvalue weighted by Crippen LogP contribution is 2.17. The molecule has 1 aromatic heterocycles. The van der Waals surface area contributed by atoms with Crippen LogP contribution in [-0.4, -0.2) is 28.3 Å². The van der Waals surface area contributed by atoms with E-state index in [1.54, 1.807) is 0 Å². The summed E-state index contributed by atoms with van der Waals surface area (Å²) in [5.74, 6) is 1.12. The lowest BCUT2D eigenvalue weighted by atomic mass is 10.0. The van der Waals surface area contributed by atoms with Crippen LogP contribution < -0.4 is 5.32 Å². The maximum absolute atomic E-state index is 5.42. The Hall–Kier alpha value is -0.870. The lowest BCUT2D eigenvalue weighted by Crippen LogP contribution is -2.42. The fraction of sp³-hybridized carbons (Fsp3) is 0.750. The van der Waals surface area contributed by atoms with Crippen molar-refractivity contribution in [1.29, 1.82) is 0 Å². The predicted octanol–water partition coefficient (Wildman–Crippen LogP) is 1.56. The average Bonchev–Trinajstić information content (AvgIpc) is 2.86. The molecule has 0 aromatic carbocycles. The van der Waals surface area contributed by atoms with Gasteiger partial charge in [-0.05, 0) is 19.8 Å². The molecule has 1 aliphatic heterocycles. The molecule has 1 unspecified atom stereocenters. The molecule has 2 heterocycles. The Kier molecular flexibility index (Phi) is 3.61. The average molecular weight is 223 g/mol. The summed E-state index contributed by atoms with van der Waals surface area (Å²) >= 11 is 0. The van der Waals surface area contributed by atoms with Crippen LogP contribution in [0.4, 0.5) is 0 Å². The second kappa shape index (κ2) is 4.97. The van der Waals surface area contributed by atoms with Crippen molar-refractivity contribution in [3.05, 3.63) is 18.2 Å². The number of aryl methyl sites for hydroxylation is 1. The van der Waals surface area contributed by atoms with Gasteiger partial charge >= 0.3 is 0 Å². The van der Waals surface area contributed by atoms with Gasteiger partial charge in [-0.3, -0.25) is 0 Å². The molecule has 0 aliphatic carbocycles. The van der Waals surface area contributed by atoms with Crippen molar-refractivity contribution in [2.45, 2.75) is 45.3 Å². The van der Waals surface area contributed by atoms with Crippen LogP contribution in [0.25, 0.3) is 0 Å². The largest absolute Gasteiger partial charge is 0.379 e. The Morgan fingerprint density at radius 1 is 1.62 bits per heavy atom. The molecule has 4 heteroatoms. The fourth-order valence-corrected chi connectivity index (χ4v) is 2.05. The molecule has 90 valence electrons. The fourth-order valence-electron chi connectivity index (χ4n) is 2.05. The molecule has 0 radical (unpaired) electrons. The van der Waals surface area contributed by atoms with Crippen molar-refractivity contribution in [2.75, 3.05) is 13.2 Å². The van der Waals surface area contributed by atoms with Gasteiger partial charge in [-0.2, -0.15) is 0 Å². The third kappa shape index (κ3) is 2.62. The summed E-state index contributed by atoms with van der Waals surface area (Å²) in [4.78, 5) is 4.39. The Bertz CT molecular complexity index is 329. The monoisotopic (exact) mass is 223 g/mol. The highest BCUT2D eigenvalue weighted by molar-refractivity contribution is 4.95. The molecule has 1 aromatic rings. The Balaban J connectivity index is 1.91. The molecule has 2 rings (SSSR count). The van der Waals surface area contributed by atoms with E-state index in [1.165, 1.54) is 0 Å². The molecule has 16 heavy (non-hydrogen) atoms. The van der Waals surface area contributed by atoms with Gasteiger partial charge in [0.25, 0.3) is 0 Å². The summed E-state index contributed by atoms with van der Waals surface area (Å²) in [5, 5.41) is 3.55. The lowest BCUT2D eigenvalue weighted by molar-refractivity contribution is 0.171. The topological polar surface area (TPSA) is 39.1 Å². The van der Waals surface area contributed by atoms with Crippen molar-refractivity contribution in [3.63, 3.8) is 0 Å². The zero-order chi connectivity index (χ0) is 11.4. The van der Waals surface area contributed by atoms with Gasteiger partial charge < -0.3 is 14.6 Å². The van der Waals surface area contributed by atoms with Crippen LogP contribution in [0.1, 0.15) is 32.5 Å². The SMILES string of the molecule is CCCn1ccnc1CNC1(C)CCOC1. The molecule has 0 spiro atoms. The van der Waals surface area contributed by atoms with Crippen LogP contribution in [0.15, 0.2) is 12.4 Å². The number of imidazole rings is 1. The van der Waals surface area contributed by atoms with Gasteiger partial charge in [0.1, 0.15) is 5.82 Å². The standard InChI is InChI=1S/C12H21N3O/c1-3-6-15-7-5-13-11(15)9-14-12(2)4-8-16-10-12/h5,7,14H,3-4,6,8-10H2,1-2H3. The normalized spacial score (nSPS) is 25.1. The molecule has 1 fully saturated rings. The highest BCUT2D eigenvalue weighted by atomic mass is 16.5. The van der Waals surface area contributed by atoms with Crippen molar-refractivity contribution in [2.24, 2.45) is 0 Å². The third-order valence-electron chi connectivity index (χ3n) is 3.16. The van der Waals surface area contributed by atoms with E-state index in [-0.39, 0.29) is 5.54 Å². The zero-order valence-corrected chi connectivity index (χ0v) is 10.2. The number of hydrogen-bond acceptors (Lipinski definition) is 3. The first kappa shape index (κ1) is 11.6. The van der Waals surface area contributed by atoms with E-state index in [2.05, 4.69) is 28.7 Å². The van der Waals surface area contributed by atoms with Crippen LogP contribution >= 0.6 is 0 Å². The van der Waals surface area contributed by atoms with E-state index >= 15 is 0 Å². The first-order chi connectivity index (χ1) is 7.73. The number of rotatable bonds is 5. The van der Waals surface area contributed by atoms with E-state index in [4.69, 9.17) is 4.74 Å². The molecule has 4 nitrogen and oxygen atoms in total.